The molecule has 0 saturated heterocycles. The molecule has 0 bridgehead atoms. The van der Waals surface area contributed by atoms with Gasteiger partial charge in [-0.1, -0.05) is 26.2 Å². The fourth-order valence-corrected chi connectivity index (χ4v) is 3.35. The standard InChI is InChI=1S/C15H25BrN4/c1-3-11-5-7-12(8-6-11)9-18-15-13(16)14(17-4-2)19-10-20-15/h10-12H,3-9H2,1-2H3,(H2,17,18,19,20). The van der Waals surface area contributed by atoms with Crippen molar-refractivity contribution in [1.29, 1.82) is 0 Å². The molecule has 1 aromatic heterocycles. The minimum atomic E-state index is 0.780. The van der Waals surface area contributed by atoms with Gasteiger partial charge in [0.2, 0.25) is 0 Å². The normalized spacial score (nSPS) is 22.6. The maximum absolute atomic E-state index is 4.33. The average molecular weight is 341 g/mol. The van der Waals surface area contributed by atoms with Crippen LogP contribution in [0, 0.1) is 11.8 Å². The van der Waals surface area contributed by atoms with Crippen molar-refractivity contribution >= 4 is 27.6 Å². The van der Waals surface area contributed by atoms with Gasteiger partial charge in [-0.2, -0.15) is 0 Å². The summed E-state index contributed by atoms with van der Waals surface area (Å²) in [6.07, 6.45) is 8.40. The molecule has 0 radical (unpaired) electrons. The molecule has 112 valence electrons. The van der Waals surface area contributed by atoms with Crippen LogP contribution >= 0.6 is 15.9 Å². The molecule has 20 heavy (non-hydrogen) atoms. The lowest BCUT2D eigenvalue weighted by atomic mass is 9.81. The summed E-state index contributed by atoms with van der Waals surface area (Å²) >= 11 is 3.58. The van der Waals surface area contributed by atoms with Crippen molar-refractivity contribution in [3.63, 3.8) is 0 Å². The second-order valence-electron chi connectivity index (χ2n) is 5.59. The van der Waals surface area contributed by atoms with Crippen LogP contribution in [0.5, 0.6) is 0 Å². The molecule has 0 aromatic carbocycles. The van der Waals surface area contributed by atoms with Crippen LogP contribution in [0.1, 0.15) is 46.0 Å². The van der Waals surface area contributed by atoms with Gasteiger partial charge in [-0.15, -0.1) is 0 Å². The molecule has 2 N–H and O–H groups in total. The number of hydrogen-bond donors (Lipinski definition) is 2. The van der Waals surface area contributed by atoms with E-state index < -0.39 is 0 Å². The number of rotatable bonds is 6. The summed E-state index contributed by atoms with van der Waals surface area (Å²) < 4.78 is 0.934. The highest BCUT2D eigenvalue weighted by molar-refractivity contribution is 9.10. The first-order valence-electron chi connectivity index (χ1n) is 7.72. The smallest absolute Gasteiger partial charge is 0.145 e. The van der Waals surface area contributed by atoms with E-state index in [0.29, 0.717) is 0 Å². The Kier molecular flexibility index (Phi) is 6.07. The summed E-state index contributed by atoms with van der Waals surface area (Å²) in [7, 11) is 0. The van der Waals surface area contributed by atoms with Gasteiger partial charge >= 0.3 is 0 Å². The van der Waals surface area contributed by atoms with Crippen molar-refractivity contribution in [3.05, 3.63) is 10.8 Å². The largest absolute Gasteiger partial charge is 0.369 e. The summed E-state index contributed by atoms with van der Waals surface area (Å²) in [6, 6.07) is 0. The van der Waals surface area contributed by atoms with Crippen molar-refractivity contribution in [2.24, 2.45) is 11.8 Å². The van der Waals surface area contributed by atoms with E-state index >= 15 is 0 Å². The second-order valence-corrected chi connectivity index (χ2v) is 6.38. The van der Waals surface area contributed by atoms with Gasteiger partial charge in [0.25, 0.3) is 0 Å². The predicted octanol–water partition coefficient (Wildman–Crippen LogP) is 4.30. The van der Waals surface area contributed by atoms with Gasteiger partial charge < -0.3 is 10.6 Å². The zero-order valence-corrected chi connectivity index (χ0v) is 14.0. The Morgan fingerprint density at radius 1 is 1.05 bits per heavy atom. The molecule has 2 rings (SSSR count). The van der Waals surface area contributed by atoms with Crippen LogP contribution in [-0.4, -0.2) is 23.1 Å². The van der Waals surface area contributed by atoms with E-state index in [2.05, 4.69) is 50.4 Å². The molecular formula is C15H25BrN4. The number of nitrogens with zero attached hydrogens (tertiary/aromatic N) is 2. The van der Waals surface area contributed by atoms with Crippen LogP contribution in [0.3, 0.4) is 0 Å². The zero-order valence-electron chi connectivity index (χ0n) is 12.5. The van der Waals surface area contributed by atoms with E-state index in [9.17, 15) is 0 Å². The lowest BCUT2D eigenvalue weighted by molar-refractivity contribution is 0.278. The highest BCUT2D eigenvalue weighted by Gasteiger charge is 2.20. The molecule has 1 heterocycles. The highest BCUT2D eigenvalue weighted by Crippen LogP contribution is 2.32. The third-order valence-electron chi connectivity index (χ3n) is 4.24. The van der Waals surface area contributed by atoms with Crippen LogP contribution in [0.15, 0.2) is 10.8 Å². The minimum Gasteiger partial charge on any atom is -0.369 e. The summed E-state index contributed by atoms with van der Waals surface area (Å²) in [5.41, 5.74) is 0. The minimum absolute atomic E-state index is 0.780. The number of hydrogen-bond acceptors (Lipinski definition) is 4. The number of halogens is 1. The number of nitrogens with one attached hydrogen (secondary N) is 2. The molecule has 1 aliphatic rings. The van der Waals surface area contributed by atoms with Crippen molar-refractivity contribution in [3.8, 4) is 0 Å². The topological polar surface area (TPSA) is 49.8 Å². The van der Waals surface area contributed by atoms with Gasteiger partial charge in [-0.25, -0.2) is 9.97 Å². The van der Waals surface area contributed by atoms with Gasteiger partial charge in [0.05, 0.1) is 0 Å². The van der Waals surface area contributed by atoms with Gasteiger partial charge in [0, 0.05) is 13.1 Å². The molecule has 0 atom stereocenters. The summed E-state index contributed by atoms with van der Waals surface area (Å²) in [4.78, 5) is 8.56. The highest BCUT2D eigenvalue weighted by atomic mass is 79.9. The lowest BCUT2D eigenvalue weighted by Gasteiger charge is -2.28. The Hall–Kier alpha value is -0.840. The molecule has 1 aliphatic carbocycles. The maximum atomic E-state index is 4.33. The molecule has 0 aliphatic heterocycles. The van der Waals surface area contributed by atoms with Gasteiger partial charge in [0.15, 0.2) is 0 Å². The third kappa shape index (κ3) is 4.08. The predicted molar refractivity (Wildman–Crippen MR) is 88.1 cm³/mol. The Balaban J connectivity index is 1.86. The quantitative estimate of drug-likeness (QED) is 0.810. The first-order chi connectivity index (χ1) is 9.74. The lowest BCUT2D eigenvalue weighted by Crippen LogP contribution is -2.21. The van der Waals surface area contributed by atoms with E-state index in [1.165, 1.54) is 32.1 Å². The molecular weight excluding hydrogens is 316 g/mol. The Morgan fingerprint density at radius 2 is 1.65 bits per heavy atom. The summed E-state index contributed by atoms with van der Waals surface area (Å²) in [6.45, 7) is 6.24. The van der Waals surface area contributed by atoms with Crippen LogP contribution in [-0.2, 0) is 0 Å². The van der Waals surface area contributed by atoms with E-state index in [1.807, 2.05) is 0 Å². The Labute approximate surface area is 130 Å². The summed E-state index contributed by atoms with van der Waals surface area (Å²) in [5, 5.41) is 6.71. The van der Waals surface area contributed by atoms with Crippen LogP contribution in [0.4, 0.5) is 11.6 Å². The first-order valence-corrected chi connectivity index (χ1v) is 8.52. The van der Waals surface area contributed by atoms with Crippen LogP contribution < -0.4 is 10.6 Å². The van der Waals surface area contributed by atoms with Crippen molar-refractivity contribution < 1.29 is 0 Å². The fourth-order valence-electron chi connectivity index (χ4n) is 2.87. The fraction of sp³-hybridized carbons (Fsp3) is 0.733. The van der Waals surface area contributed by atoms with Gasteiger partial charge in [-0.3, -0.25) is 0 Å². The molecule has 0 spiro atoms. The van der Waals surface area contributed by atoms with Gasteiger partial charge in [-0.05, 0) is 47.5 Å². The molecule has 1 saturated carbocycles. The molecule has 0 unspecified atom stereocenters. The van der Waals surface area contributed by atoms with Crippen molar-refractivity contribution in [2.75, 3.05) is 23.7 Å². The van der Waals surface area contributed by atoms with Crippen LogP contribution in [0.25, 0.3) is 0 Å². The number of aromatic nitrogens is 2. The maximum Gasteiger partial charge on any atom is 0.145 e. The van der Waals surface area contributed by atoms with Crippen molar-refractivity contribution in [1.82, 2.24) is 9.97 Å². The molecule has 5 heteroatoms. The van der Waals surface area contributed by atoms with Crippen molar-refractivity contribution in [2.45, 2.75) is 46.0 Å². The summed E-state index contributed by atoms with van der Waals surface area (Å²) in [5.74, 6) is 3.49. The van der Waals surface area contributed by atoms with E-state index in [4.69, 9.17) is 0 Å². The number of anilines is 2. The average Bonchev–Trinajstić information content (AvgIpc) is 2.49. The molecule has 0 amide bonds. The SMILES string of the molecule is CCNc1ncnc(NCC2CCC(CC)CC2)c1Br. The van der Waals surface area contributed by atoms with E-state index in [-0.39, 0.29) is 0 Å². The second kappa shape index (κ2) is 7.81. The third-order valence-corrected chi connectivity index (χ3v) is 4.99. The molecule has 1 fully saturated rings. The Morgan fingerprint density at radius 3 is 2.25 bits per heavy atom. The Bertz CT molecular complexity index is 416. The molecule has 1 aromatic rings. The first kappa shape index (κ1) is 15.5. The van der Waals surface area contributed by atoms with E-state index in [0.717, 1.165) is 41.0 Å². The molecule has 4 nitrogen and oxygen atoms in total. The monoisotopic (exact) mass is 340 g/mol. The van der Waals surface area contributed by atoms with Gasteiger partial charge in [0.1, 0.15) is 22.4 Å². The zero-order chi connectivity index (χ0) is 14.4. The van der Waals surface area contributed by atoms with E-state index in [1.54, 1.807) is 6.33 Å². The van der Waals surface area contributed by atoms with Crippen LogP contribution in [0.2, 0.25) is 0 Å².